The van der Waals surface area contributed by atoms with Crippen LogP contribution >= 0.6 is 0 Å². The molecule has 1 saturated heterocycles. The molecule has 1 N–H and O–H groups in total. The summed E-state index contributed by atoms with van der Waals surface area (Å²) in [5.41, 5.74) is 0. The van der Waals surface area contributed by atoms with E-state index in [0.29, 0.717) is 12.0 Å². The van der Waals surface area contributed by atoms with Crippen LogP contribution in [0.3, 0.4) is 0 Å². The maximum atomic E-state index is 5.45. The van der Waals surface area contributed by atoms with Crippen LogP contribution in [-0.4, -0.2) is 16.7 Å². The van der Waals surface area contributed by atoms with Crippen LogP contribution in [0, 0.1) is 5.92 Å². The first-order chi connectivity index (χ1) is 9.36. The molecular formula is C15H25N3O. The molecule has 1 aromatic heterocycles. The lowest BCUT2D eigenvalue weighted by Gasteiger charge is -2.26. The molecule has 0 spiro atoms. The fourth-order valence-corrected chi connectivity index (χ4v) is 3.57. The standard InChI is InChI=1S/C15H25N3O/c1-2-4-11-6-8-12(9-7-11)14-17-15(19-18-14)13-5-3-10-16-13/h11-13,16H,2-10H2,1H3/t11?,12?,13-/m0/s1. The molecule has 1 aliphatic carbocycles. The number of rotatable bonds is 4. The average Bonchev–Trinajstić information content (AvgIpc) is 3.11. The molecule has 2 heterocycles. The van der Waals surface area contributed by atoms with E-state index in [-0.39, 0.29) is 0 Å². The maximum Gasteiger partial charge on any atom is 0.243 e. The van der Waals surface area contributed by atoms with Crippen LogP contribution in [0.25, 0.3) is 0 Å². The first kappa shape index (κ1) is 13.1. The smallest absolute Gasteiger partial charge is 0.243 e. The van der Waals surface area contributed by atoms with Crippen LogP contribution in [0.4, 0.5) is 0 Å². The van der Waals surface area contributed by atoms with Crippen molar-refractivity contribution in [2.45, 2.75) is 70.3 Å². The summed E-state index contributed by atoms with van der Waals surface area (Å²) in [7, 11) is 0. The van der Waals surface area contributed by atoms with E-state index >= 15 is 0 Å². The summed E-state index contributed by atoms with van der Waals surface area (Å²) in [4.78, 5) is 4.65. The van der Waals surface area contributed by atoms with E-state index in [1.165, 1.54) is 44.9 Å². The Morgan fingerprint density at radius 1 is 1.21 bits per heavy atom. The van der Waals surface area contributed by atoms with Gasteiger partial charge in [-0.2, -0.15) is 4.98 Å². The van der Waals surface area contributed by atoms with Crippen molar-refractivity contribution in [3.8, 4) is 0 Å². The van der Waals surface area contributed by atoms with E-state index < -0.39 is 0 Å². The Kier molecular flexibility index (Phi) is 4.16. The molecule has 0 bridgehead atoms. The normalized spacial score (nSPS) is 31.7. The predicted molar refractivity (Wildman–Crippen MR) is 73.9 cm³/mol. The van der Waals surface area contributed by atoms with Gasteiger partial charge in [-0.25, -0.2) is 0 Å². The van der Waals surface area contributed by atoms with Crippen molar-refractivity contribution in [1.82, 2.24) is 15.5 Å². The Morgan fingerprint density at radius 2 is 2.05 bits per heavy atom. The van der Waals surface area contributed by atoms with Crippen molar-refractivity contribution >= 4 is 0 Å². The van der Waals surface area contributed by atoms with Crippen molar-refractivity contribution in [3.63, 3.8) is 0 Å². The van der Waals surface area contributed by atoms with Crippen molar-refractivity contribution in [1.29, 1.82) is 0 Å². The van der Waals surface area contributed by atoms with Crippen LogP contribution in [-0.2, 0) is 0 Å². The predicted octanol–water partition coefficient (Wildman–Crippen LogP) is 3.57. The third-order valence-corrected chi connectivity index (χ3v) is 4.72. The van der Waals surface area contributed by atoms with Crippen LogP contribution in [0.5, 0.6) is 0 Å². The Morgan fingerprint density at radius 3 is 2.74 bits per heavy atom. The minimum atomic E-state index is 0.303. The second-order valence-electron chi connectivity index (χ2n) is 6.15. The molecule has 2 aliphatic rings. The monoisotopic (exact) mass is 263 g/mol. The van der Waals surface area contributed by atoms with Gasteiger partial charge in [-0.1, -0.05) is 24.9 Å². The lowest BCUT2D eigenvalue weighted by atomic mass is 9.80. The van der Waals surface area contributed by atoms with Crippen LogP contribution < -0.4 is 5.32 Å². The first-order valence-electron chi connectivity index (χ1n) is 7.93. The van der Waals surface area contributed by atoms with Gasteiger partial charge in [0.1, 0.15) is 0 Å². The third kappa shape index (κ3) is 2.99. The highest BCUT2D eigenvalue weighted by Gasteiger charge is 2.28. The van der Waals surface area contributed by atoms with Crippen LogP contribution in [0.1, 0.15) is 82.0 Å². The summed E-state index contributed by atoms with van der Waals surface area (Å²) in [6.45, 7) is 3.36. The van der Waals surface area contributed by atoms with E-state index in [4.69, 9.17) is 4.52 Å². The van der Waals surface area contributed by atoms with Gasteiger partial charge in [0.25, 0.3) is 0 Å². The molecular weight excluding hydrogens is 238 g/mol. The Hall–Kier alpha value is -0.900. The highest BCUT2D eigenvalue weighted by molar-refractivity contribution is 5.01. The van der Waals surface area contributed by atoms with E-state index in [1.54, 1.807) is 0 Å². The number of nitrogens with zero attached hydrogens (tertiary/aromatic N) is 2. The summed E-state index contributed by atoms with van der Waals surface area (Å²) in [5, 5.41) is 7.65. The molecule has 4 heteroatoms. The number of aromatic nitrogens is 2. The molecule has 1 saturated carbocycles. The number of nitrogens with one attached hydrogen (secondary N) is 1. The molecule has 1 atom stereocenters. The molecule has 1 aliphatic heterocycles. The zero-order valence-electron chi connectivity index (χ0n) is 11.9. The van der Waals surface area contributed by atoms with Gasteiger partial charge >= 0.3 is 0 Å². The van der Waals surface area contributed by atoms with Crippen molar-refractivity contribution < 1.29 is 4.52 Å². The molecule has 2 fully saturated rings. The van der Waals surface area contributed by atoms with Crippen LogP contribution in [0.2, 0.25) is 0 Å². The molecule has 4 nitrogen and oxygen atoms in total. The summed E-state index contributed by atoms with van der Waals surface area (Å²) >= 11 is 0. The van der Waals surface area contributed by atoms with Gasteiger partial charge in [-0.15, -0.1) is 0 Å². The lowest BCUT2D eigenvalue weighted by Crippen LogP contribution is -2.15. The summed E-state index contributed by atoms with van der Waals surface area (Å²) in [6.07, 6.45) is 10.2. The second-order valence-corrected chi connectivity index (χ2v) is 6.15. The maximum absolute atomic E-state index is 5.45. The van der Waals surface area contributed by atoms with Gasteiger partial charge in [-0.05, 0) is 51.0 Å². The fourth-order valence-electron chi connectivity index (χ4n) is 3.57. The molecule has 0 radical (unpaired) electrons. The fraction of sp³-hybridized carbons (Fsp3) is 0.867. The molecule has 1 aromatic rings. The van der Waals surface area contributed by atoms with Crippen molar-refractivity contribution in [3.05, 3.63) is 11.7 Å². The second kappa shape index (κ2) is 6.04. The molecule has 3 rings (SSSR count). The zero-order chi connectivity index (χ0) is 13.1. The summed E-state index contributed by atoms with van der Waals surface area (Å²) in [6, 6.07) is 0.303. The van der Waals surface area contributed by atoms with Gasteiger partial charge in [0.15, 0.2) is 5.82 Å². The van der Waals surface area contributed by atoms with Crippen LogP contribution in [0.15, 0.2) is 4.52 Å². The van der Waals surface area contributed by atoms with Gasteiger partial charge in [0, 0.05) is 5.92 Å². The molecule has 0 amide bonds. The lowest BCUT2D eigenvalue weighted by molar-refractivity contribution is 0.293. The Labute approximate surface area is 115 Å². The largest absolute Gasteiger partial charge is 0.338 e. The minimum Gasteiger partial charge on any atom is -0.338 e. The highest BCUT2D eigenvalue weighted by atomic mass is 16.5. The zero-order valence-corrected chi connectivity index (χ0v) is 11.9. The quantitative estimate of drug-likeness (QED) is 0.902. The Balaban J connectivity index is 1.58. The Bertz CT molecular complexity index is 390. The van der Waals surface area contributed by atoms with E-state index in [9.17, 15) is 0 Å². The van der Waals surface area contributed by atoms with Gasteiger partial charge in [0.2, 0.25) is 5.89 Å². The summed E-state index contributed by atoms with van der Waals surface area (Å²) in [5.74, 6) is 3.23. The van der Waals surface area contributed by atoms with E-state index in [1.807, 2.05) is 0 Å². The minimum absolute atomic E-state index is 0.303. The van der Waals surface area contributed by atoms with Gasteiger partial charge in [-0.3, -0.25) is 0 Å². The molecule has 106 valence electrons. The highest BCUT2D eigenvalue weighted by Crippen LogP contribution is 2.36. The number of hydrogen-bond donors (Lipinski definition) is 1. The topological polar surface area (TPSA) is 51.0 Å². The SMILES string of the molecule is CCCC1CCC(c2noc([C@@H]3CCCN3)n2)CC1. The van der Waals surface area contributed by atoms with Crippen molar-refractivity contribution in [2.24, 2.45) is 5.92 Å². The molecule has 0 aromatic carbocycles. The molecule has 19 heavy (non-hydrogen) atoms. The van der Waals surface area contributed by atoms with E-state index in [2.05, 4.69) is 22.4 Å². The average molecular weight is 263 g/mol. The van der Waals surface area contributed by atoms with Gasteiger partial charge < -0.3 is 9.84 Å². The van der Waals surface area contributed by atoms with Gasteiger partial charge in [0.05, 0.1) is 6.04 Å². The van der Waals surface area contributed by atoms with Crippen molar-refractivity contribution in [2.75, 3.05) is 6.54 Å². The third-order valence-electron chi connectivity index (χ3n) is 4.72. The number of hydrogen-bond acceptors (Lipinski definition) is 4. The molecule has 0 unspecified atom stereocenters. The summed E-state index contributed by atoms with van der Waals surface area (Å²) < 4.78 is 5.45. The van der Waals surface area contributed by atoms with E-state index in [0.717, 1.165) is 30.6 Å². The first-order valence-corrected chi connectivity index (χ1v) is 7.93.